The first-order valence-electron chi connectivity index (χ1n) is 7.33. The van der Waals surface area contributed by atoms with Crippen LogP contribution in [0.4, 0.5) is 5.69 Å². The van der Waals surface area contributed by atoms with Gasteiger partial charge in [-0.2, -0.15) is 4.98 Å². The molecule has 7 heteroatoms. The number of benzene rings is 1. The minimum absolute atomic E-state index is 0.122. The van der Waals surface area contributed by atoms with Crippen LogP contribution < -0.4 is 19.5 Å². The minimum Gasteiger partial charge on any atom is -0.484 e. The molecule has 0 atom stereocenters. The van der Waals surface area contributed by atoms with Crippen LogP contribution in [0.15, 0.2) is 36.5 Å². The zero-order valence-corrected chi connectivity index (χ0v) is 13.1. The van der Waals surface area contributed by atoms with Crippen LogP contribution in [0, 0.1) is 0 Å². The van der Waals surface area contributed by atoms with Gasteiger partial charge in [0.2, 0.25) is 5.88 Å². The number of carbonyl (C=O) groups is 1. The molecule has 1 aromatic heterocycles. The average Bonchev–Trinajstić information content (AvgIpc) is 2.57. The lowest BCUT2D eigenvalue weighted by molar-refractivity contribution is -0.118. The Morgan fingerprint density at radius 3 is 2.52 bits per heavy atom. The van der Waals surface area contributed by atoms with Crippen LogP contribution in [-0.2, 0) is 4.79 Å². The van der Waals surface area contributed by atoms with Crippen molar-refractivity contribution < 1.29 is 19.0 Å². The third-order valence-corrected chi connectivity index (χ3v) is 2.67. The molecule has 1 amide bonds. The molecule has 7 nitrogen and oxygen atoms in total. The fraction of sp³-hybridized carbons (Fsp3) is 0.312. The van der Waals surface area contributed by atoms with E-state index in [0.717, 1.165) is 0 Å². The van der Waals surface area contributed by atoms with Gasteiger partial charge in [0.1, 0.15) is 11.4 Å². The Morgan fingerprint density at radius 2 is 1.83 bits per heavy atom. The fourth-order valence-electron chi connectivity index (χ4n) is 1.73. The molecular formula is C16H19N3O4. The van der Waals surface area contributed by atoms with Crippen LogP contribution >= 0.6 is 0 Å². The molecule has 0 aliphatic rings. The van der Waals surface area contributed by atoms with Crippen molar-refractivity contribution in [3.63, 3.8) is 0 Å². The number of anilines is 1. The monoisotopic (exact) mass is 317 g/mol. The molecule has 0 spiro atoms. The van der Waals surface area contributed by atoms with Gasteiger partial charge in [-0.15, -0.1) is 0 Å². The van der Waals surface area contributed by atoms with Gasteiger partial charge >= 0.3 is 6.01 Å². The summed E-state index contributed by atoms with van der Waals surface area (Å²) in [7, 11) is 0. The van der Waals surface area contributed by atoms with E-state index in [0.29, 0.717) is 24.7 Å². The van der Waals surface area contributed by atoms with Gasteiger partial charge in [0, 0.05) is 0 Å². The van der Waals surface area contributed by atoms with Gasteiger partial charge in [0.25, 0.3) is 5.91 Å². The quantitative estimate of drug-likeness (QED) is 0.804. The standard InChI is InChI=1S/C16H19N3O4/c1-3-21-15-13(10-17-16(19-15)22-4-2)18-14(20)11-23-12-8-6-5-7-9-12/h5-10H,3-4,11H2,1-2H3,(H,18,20). The van der Waals surface area contributed by atoms with Crippen LogP contribution in [0.2, 0.25) is 0 Å². The number of hydrogen-bond acceptors (Lipinski definition) is 6. The van der Waals surface area contributed by atoms with Crippen molar-refractivity contribution in [2.75, 3.05) is 25.1 Å². The highest BCUT2D eigenvalue weighted by molar-refractivity contribution is 5.92. The van der Waals surface area contributed by atoms with Crippen LogP contribution in [0.25, 0.3) is 0 Å². The molecule has 2 rings (SSSR count). The van der Waals surface area contributed by atoms with Gasteiger partial charge in [-0.3, -0.25) is 4.79 Å². The molecule has 0 saturated carbocycles. The highest BCUT2D eigenvalue weighted by atomic mass is 16.5. The van der Waals surface area contributed by atoms with Gasteiger partial charge in [-0.05, 0) is 26.0 Å². The molecule has 2 aromatic rings. The van der Waals surface area contributed by atoms with Crippen molar-refractivity contribution in [3.05, 3.63) is 36.5 Å². The Labute approximate surface area is 134 Å². The molecule has 1 N–H and O–H groups in total. The summed E-state index contributed by atoms with van der Waals surface area (Å²) < 4.78 is 16.0. The largest absolute Gasteiger partial charge is 0.484 e. The third-order valence-electron chi connectivity index (χ3n) is 2.67. The summed E-state index contributed by atoms with van der Waals surface area (Å²) in [5.74, 6) is 0.553. The van der Waals surface area contributed by atoms with E-state index in [9.17, 15) is 4.79 Å². The molecule has 122 valence electrons. The minimum atomic E-state index is -0.331. The highest BCUT2D eigenvalue weighted by Gasteiger charge is 2.12. The Bertz CT molecular complexity index is 634. The second kappa shape index (κ2) is 8.57. The zero-order chi connectivity index (χ0) is 16.5. The predicted molar refractivity (Wildman–Crippen MR) is 84.9 cm³/mol. The smallest absolute Gasteiger partial charge is 0.319 e. The highest BCUT2D eigenvalue weighted by Crippen LogP contribution is 2.23. The van der Waals surface area contributed by atoms with Crippen molar-refractivity contribution >= 4 is 11.6 Å². The molecule has 0 bridgehead atoms. The van der Waals surface area contributed by atoms with E-state index < -0.39 is 0 Å². The molecule has 0 radical (unpaired) electrons. The number of rotatable bonds is 8. The summed E-state index contributed by atoms with van der Waals surface area (Å²) in [6.07, 6.45) is 1.45. The fourth-order valence-corrected chi connectivity index (χ4v) is 1.73. The predicted octanol–water partition coefficient (Wildman–Crippen LogP) is 2.29. The molecule has 0 fully saturated rings. The average molecular weight is 317 g/mol. The lowest BCUT2D eigenvalue weighted by Crippen LogP contribution is -2.21. The van der Waals surface area contributed by atoms with Gasteiger partial charge in [0.15, 0.2) is 6.61 Å². The van der Waals surface area contributed by atoms with Crippen LogP contribution in [0.1, 0.15) is 13.8 Å². The maximum absolute atomic E-state index is 12.0. The summed E-state index contributed by atoms with van der Waals surface area (Å²) >= 11 is 0. The van der Waals surface area contributed by atoms with Crippen molar-refractivity contribution in [3.8, 4) is 17.6 Å². The first kappa shape index (κ1) is 16.5. The van der Waals surface area contributed by atoms with Crippen molar-refractivity contribution in [1.82, 2.24) is 9.97 Å². The number of amides is 1. The van der Waals surface area contributed by atoms with Crippen molar-refractivity contribution in [2.24, 2.45) is 0 Å². The van der Waals surface area contributed by atoms with Crippen molar-refractivity contribution in [2.45, 2.75) is 13.8 Å². The van der Waals surface area contributed by atoms with Gasteiger partial charge < -0.3 is 19.5 Å². The first-order valence-corrected chi connectivity index (χ1v) is 7.33. The summed E-state index contributed by atoms with van der Waals surface area (Å²) in [6.45, 7) is 4.39. The van der Waals surface area contributed by atoms with E-state index in [1.807, 2.05) is 32.0 Å². The summed E-state index contributed by atoms with van der Waals surface area (Å²) in [5, 5.41) is 2.67. The van der Waals surface area contributed by atoms with E-state index in [4.69, 9.17) is 14.2 Å². The Kier molecular flexibility index (Phi) is 6.17. The van der Waals surface area contributed by atoms with E-state index in [2.05, 4.69) is 15.3 Å². The number of ether oxygens (including phenoxy) is 3. The molecule has 0 unspecified atom stereocenters. The van der Waals surface area contributed by atoms with E-state index in [-0.39, 0.29) is 24.4 Å². The van der Waals surface area contributed by atoms with Crippen LogP contribution in [0.5, 0.6) is 17.6 Å². The second-order valence-electron chi connectivity index (χ2n) is 4.39. The van der Waals surface area contributed by atoms with Crippen LogP contribution in [-0.4, -0.2) is 35.7 Å². The van der Waals surface area contributed by atoms with Crippen molar-refractivity contribution in [1.29, 1.82) is 0 Å². The second-order valence-corrected chi connectivity index (χ2v) is 4.39. The number of aromatic nitrogens is 2. The lowest BCUT2D eigenvalue weighted by Gasteiger charge is -2.11. The summed E-state index contributed by atoms with van der Waals surface area (Å²) in [6, 6.07) is 9.30. The molecule has 23 heavy (non-hydrogen) atoms. The molecular weight excluding hydrogens is 298 g/mol. The summed E-state index contributed by atoms with van der Waals surface area (Å²) in [5.41, 5.74) is 0.372. The third kappa shape index (κ3) is 5.14. The molecule has 1 aromatic carbocycles. The van der Waals surface area contributed by atoms with E-state index in [1.165, 1.54) is 6.20 Å². The molecule has 0 aliphatic carbocycles. The Hall–Kier alpha value is -2.83. The topological polar surface area (TPSA) is 82.6 Å². The lowest BCUT2D eigenvalue weighted by atomic mass is 10.3. The SMILES string of the molecule is CCOc1ncc(NC(=O)COc2ccccc2)c(OCC)n1. The Balaban J connectivity index is 1.98. The van der Waals surface area contributed by atoms with Gasteiger partial charge in [-0.25, -0.2) is 4.98 Å². The molecule has 0 saturated heterocycles. The number of hydrogen-bond donors (Lipinski definition) is 1. The Morgan fingerprint density at radius 1 is 1.09 bits per heavy atom. The van der Waals surface area contributed by atoms with E-state index in [1.54, 1.807) is 12.1 Å². The van der Waals surface area contributed by atoms with Crippen LogP contribution in [0.3, 0.4) is 0 Å². The van der Waals surface area contributed by atoms with Gasteiger partial charge in [0.05, 0.1) is 19.4 Å². The number of nitrogens with zero attached hydrogens (tertiary/aromatic N) is 2. The zero-order valence-electron chi connectivity index (χ0n) is 13.1. The van der Waals surface area contributed by atoms with E-state index >= 15 is 0 Å². The first-order chi connectivity index (χ1) is 11.2. The number of nitrogens with one attached hydrogen (secondary N) is 1. The van der Waals surface area contributed by atoms with Gasteiger partial charge in [-0.1, -0.05) is 18.2 Å². The molecule has 0 aliphatic heterocycles. The maximum atomic E-state index is 12.0. The summed E-state index contributed by atoms with van der Waals surface area (Å²) in [4.78, 5) is 20.1. The molecule has 1 heterocycles. The number of para-hydroxylation sites is 1. The number of carbonyl (C=O) groups excluding carboxylic acids is 1. The maximum Gasteiger partial charge on any atom is 0.319 e. The normalized spacial score (nSPS) is 10.0.